The average molecular weight is 316 g/mol. The predicted molar refractivity (Wildman–Crippen MR) is 73.7 cm³/mol. The molecule has 5 heteroatoms. The van der Waals surface area contributed by atoms with Crippen molar-refractivity contribution in [3.8, 4) is 5.75 Å². The molecular weight excluding hydrogens is 298 g/mol. The third-order valence-corrected chi connectivity index (χ3v) is 2.83. The Morgan fingerprint density at radius 3 is 2.89 bits per heavy atom. The fourth-order valence-electron chi connectivity index (χ4n) is 1.42. The summed E-state index contributed by atoms with van der Waals surface area (Å²) in [6.45, 7) is 3.70. The first-order valence-corrected chi connectivity index (χ1v) is 6.65. The Balaban J connectivity index is 2.66. The Hall–Kier alpha value is -1.07. The molecule has 0 heterocycles. The highest BCUT2D eigenvalue weighted by molar-refractivity contribution is 9.10. The summed E-state index contributed by atoms with van der Waals surface area (Å²) < 4.78 is 11.0. The third kappa shape index (κ3) is 5.06. The summed E-state index contributed by atoms with van der Waals surface area (Å²) in [4.78, 5) is 11.1. The number of esters is 1. The lowest BCUT2D eigenvalue weighted by Crippen LogP contribution is -2.17. The summed E-state index contributed by atoms with van der Waals surface area (Å²) >= 11 is 3.42. The van der Waals surface area contributed by atoms with Crippen molar-refractivity contribution >= 4 is 21.9 Å². The van der Waals surface area contributed by atoms with Gasteiger partial charge in [-0.15, -0.1) is 0 Å². The summed E-state index contributed by atoms with van der Waals surface area (Å²) in [5.41, 5.74) is 1.02. The van der Waals surface area contributed by atoms with E-state index in [4.69, 9.17) is 4.74 Å². The van der Waals surface area contributed by atoms with E-state index in [-0.39, 0.29) is 12.6 Å². The molecule has 18 heavy (non-hydrogen) atoms. The molecule has 0 saturated carbocycles. The van der Waals surface area contributed by atoms with Crippen molar-refractivity contribution in [3.63, 3.8) is 0 Å². The molecule has 0 radical (unpaired) electrons. The molecule has 1 aromatic rings. The zero-order valence-electron chi connectivity index (χ0n) is 10.7. The largest absolute Gasteiger partial charge is 0.482 e. The fourth-order valence-corrected chi connectivity index (χ4v) is 1.83. The summed E-state index contributed by atoms with van der Waals surface area (Å²) in [7, 11) is 1.34. The van der Waals surface area contributed by atoms with E-state index >= 15 is 0 Å². The predicted octanol–water partition coefficient (Wildman–Crippen LogP) is 2.50. The van der Waals surface area contributed by atoms with Crippen molar-refractivity contribution in [1.82, 2.24) is 5.32 Å². The number of ether oxygens (including phenoxy) is 2. The molecule has 0 aliphatic heterocycles. The molecule has 0 bridgehead atoms. The fraction of sp³-hybridized carbons (Fsp3) is 0.462. The minimum absolute atomic E-state index is 0.0705. The molecule has 0 aromatic heterocycles. The monoisotopic (exact) mass is 315 g/mol. The molecule has 0 atom stereocenters. The third-order valence-electron chi connectivity index (χ3n) is 2.34. The average Bonchev–Trinajstić information content (AvgIpc) is 2.37. The van der Waals surface area contributed by atoms with Gasteiger partial charge in [0.05, 0.1) is 7.11 Å². The molecule has 0 spiro atoms. The maximum absolute atomic E-state index is 11.1. The normalized spacial score (nSPS) is 10.2. The number of carbonyl (C=O) groups is 1. The van der Waals surface area contributed by atoms with Crippen LogP contribution in [0.4, 0.5) is 0 Å². The van der Waals surface area contributed by atoms with Crippen LogP contribution in [-0.4, -0.2) is 26.2 Å². The van der Waals surface area contributed by atoms with Crippen molar-refractivity contribution in [2.24, 2.45) is 0 Å². The quantitative estimate of drug-likeness (QED) is 0.620. The van der Waals surface area contributed by atoms with Gasteiger partial charge in [-0.2, -0.15) is 0 Å². The lowest BCUT2D eigenvalue weighted by atomic mass is 10.2. The number of methoxy groups -OCH3 is 1. The van der Waals surface area contributed by atoms with E-state index in [0.717, 1.165) is 23.0 Å². The minimum Gasteiger partial charge on any atom is -0.482 e. The van der Waals surface area contributed by atoms with E-state index in [2.05, 4.69) is 32.9 Å². The maximum Gasteiger partial charge on any atom is 0.343 e. The van der Waals surface area contributed by atoms with Crippen LogP contribution in [0.1, 0.15) is 18.9 Å². The van der Waals surface area contributed by atoms with Gasteiger partial charge in [-0.25, -0.2) is 4.79 Å². The van der Waals surface area contributed by atoms with Crippen LogP contribution in [0.15, 0.2) is 22.7 Å². The van der Waals surface area contributed by atoms with E-state index in [9.17, 15) is 4.79 Å². The van der Waals surface area contributed by atoms with Crippen LogP contribution in [-0.2, 0) is 16.1 Å². The van der Waals surface area contributed by atoms with Gasteiger partial charge in [-0.3, -0.25) is 0 Å². The van der Waals surface area contributed by atoms with Gasteiger partial charge in [0, 0.05) is 16.6 Å². The Bertz CT molecular complexity index is 396. The van der Waals surface area contributed by atoms with Gasteiger partial charge in [-0.05, 0) is 31.2 Å². The van der Waals surface area contributed by atoms with Gasteiger partial charge in [0.15, 0.2) is 6.61 Å². The molecule has 0 fully saturated rings. The lowest BCUT2D eigenvalue weighted by molar-refractivity contribution is -0.142. The minimum atomic E-state index is -0.384. The zero-order valence-corrected chi connectivity index (χ0v) is 12.2. The van der Waals surface area contributed by atoms with Crippen LogP contribution in [0, 0.1) is 0 Å². The van der Waals surface area contributed by atoms with Crippen LogP contribution in [0.3, 0.4) is 0 Å². The van der Waals surface area contributed by atoms with Crippen LogP contribution in [0.2, 0.25) is 0 Å². The van der Waals surface area contributed by atoms with Gasteiger partial charge in [0.2, 0.25) is 0 Å². The van der Waals surface area contributed by atoms with Crippen LogP contribution in [0.5, 0.6) is 5.75 Å². The number of rotatable bonds is 7. The van der Waals surface area contributed by atoms with Crippen molar-refractivity contribution < 1.29 is 14.3 Å². The molecule has 1 N–H and O–H groups in total. The first-order valence-electron chi connectivity index (χ1n) is 5.86. The first kappa shape index (κ1) is 15.0. The molecule has 1 aromatic carbocycles. The maximum atomic E-state index is 11.1. The number of halogens is 1. The highest BCUT2D eigenvalue weighted by atomic mass is 79.9. The van der Waals surface area contributed by atoms with E-state index in [1.54, 1.807) is 0 Å². The SMILES string of the molecule is CCCNCc1cc(Br)ccc1OCC(=O)OC. The zero-order chi connectivity index (χ0) is 13.4. The van der Waals surface area contributed by atoms with Crippen LogP contribution in [0.25, 0.3) is 0 Å². The number of benzene rings is 1. The van der Waals surface area contributed by atoms with E-state index in [1.165, 1.54) is 7.11 Å². The topological polar surface area (TPSA) is 47.6 Å². The lowest BCUT2D eigenvalue weighted by Gasteiger charge is -2.11. The number of carbonyl (C=O) groups excluding carboxylic acids is 1. The van der Waals surface area contributed by atoms with E-state index in [0.29, 0.717) is 12.3 Å². The smallest absolute Gasteiger partial charge is 0.343 e. The highest BCUT2D eigenvalue weighted by Gasteiger charge is 2.07. The Morgan fingerprint density at radius 2 is 2.22 bits per heavy atom. The van der Waals surface area contributed by atoms with E-state index in [1.807, 2.05) is 18.2 Å². The van der Waals surface area contributed by atoms with Crippen LogP contribution >= 0.6 is 15.9 Å². The van der Waals surface area contributed by atoms with Crippen molar-refractivity contribution in [3.05, 3.63) is 28.2 Å². The molecule has 0 unspecified atom stereocenters. The van der Waals surface area contributed by atoms with E-state index < -0.39 is 0 Å². The highest BCUT2D eigenvalue weighted by Crippen LogP contribution is 2.23. The van der Waals surface area contributed by atoms with Crippen LogP contribution < -0.4 is 10.1 Å². The Morgan fingerprint density at radius 1 is 1.44 bits per heavy atom. The van der Waals surface area contributed by atoms with Crippen molar-refractivity contribution in [2.45, 2.75) is 19.9 Å². The number of nitrogens with one attached hydrogen (secondary N) is 1. The molecule has 0 aliphatic carbocycles. The number of hydrogen-bond donors (Lipinski definition) is 1. The molecule has 0 saturated heterocycles. The summed E-state index contributed by atoms with van der Waals surface area (Å²) in [5.74, 6) is 0.317. The molecule has 4 nitrogen and oxygen atoms in total. The second kappa shape index (κ2) is 8.11. The standard InChI is InChI=1S/C13H18BrNO3/c1-3-6-15-8-10-7-11(14)4-5-12(10)18-9-13(16)17-2/h4-5,7,15H,3,6,8-9H2,1-2H3. The molecule has 1 rings (SSSR count). The van der Waals surface area contributed by atoms with Gasteiger partial charge in [0.25, 0.3) is 0 Å². The summed E-state index contributed by atoms with van der Waals surface area (Å²) in [5, 5.41) is 3.30. The summed E-state index contributed by atoms with van der Waals surface area (Å²) in [6, 6.07) is 5.71. The summed E-state index contributed by atoms with van der Waals surface area (Å²) in [6.07, 6.45) is 1.08. The Labute approximate surface area is 116 Å². The van der Waals surface area contributed by atoms with Crippen molar-refractivity contribution in [1.29, 1.82) is 0 Å². The second-order valence-corrected chi connectivity index (χ2v) is 4.71. The number of hydrogen-bond acceptors (Lipinski definition) is 4. The van der Waals surface area contributed by atoms with Crippen molar-refractivity contribution in [2.75, 3.05) is 20.3 Å². The molecule has 0 aliphatic rings. The van der Waals surface area contributed by atoms with Gasteiger partial charge in [0.1, 0.15) is 5.75 Å². The molecule has 100 valence electrons. The van der Waals surface area contributed by atoms with Gasteiger partial charge in [-0.1, -0.05) is 22.9 Å². The first-order chi connectivity index (χ1) is 8.67. The Kier molecular flexibility index (Phi) is 6.75. The molecular formula is C13H18BrNO3. The van der Waals surface area contributed by atoms with Gasteiger partial charge < -0.3 is 14.8 Å². The second-order valence-electron chi connectivity index (χ2n) is 3.79. The van der Waals surface area contributed by atoms with Gasteiger partial charge >= 0.3 is 5.97 Å². The molecule has 0 amide bonds.